The van der Waals surface area contributed by atoms with E-state index in [4.69, 9.17) is 11.6 Å². The summed E-state index contributed by atoms with van der Waals surface area (Å²) < 4.78 is 0. The number of alkyl halides is 1. The van der Waals surface area contributed by atoms with E-state index in [1.165, 1.54) is 6.07 Å². The van der Waals surface area contributed by atoms with Crippen LogP contribution in [0.25, 0.3) is 0 Å². The number of hydrogen-bond acceptors (Lipinski definition) is 6. The fourth-order valence-corrected chi connectivity index (χ4v) is 1.40. The third-order valence-electron chi connectivity index (χ3n) is 2.11. The molecule has 0 fully saturated rings. The molecule has 0 bridgehead atoms. The van der Waals surface area contributed by atoms with Crippen molar-refractivity contribution < 1.29 is 15.0 Å². The number of nitrogens with zero attached hydrogens (tertiary/aromatic N) is 2. The van der Waals surface area contributed by atoms with Gasteiger partial charge >= 0.3 is 0 Å². The maximum absolute atomic E-state index is 10.8. The number of halogens is 1. The minimum atomic E-state index is -0.953. The number of nitrogens with one attached hydrogen (secondary N) is 1. The first-order chi connectivity index (χ1) is 8.47. The van der Waals surface area contributed by atoms with E-state index in [1.54, 1.807) is 0 Å². The van der Waals surface area contributed by atoms with Crippen LogP contribution in [0.3, 0.4) is 0 Å². The molecule has 1 atom stereocenters. The summed E-state index contributed by atoms with van der Waals surface area (Å²) in [6.07, 6.45) is -0.953. The van der Waals surface area contributed by atoms with Gasteiger partial charge in [0.05, 0.1) is 21.8 Å². The highest BCUT2D eigenvalue weighted by Gasteiger charge is 2.24. The van der Waals surface area contributed by atoms with E-state index in [9.17, 15) is 25.3 Å². The summed E-state index contributed by atoms with van der Waals surface area (Å²) in [5.41, 5.74) is -1.09. The van der Waals surface area contributed by atoms with Crippen LogP contribution in [0.2, 0.25) is 0 Å². The molecule has 0 aliphatic heterocycles. The number of aliphatic hydroxyl groups is 1. The zero-order valence-corrected chi connectivity index (χ0v) is 9.83. The SMILES string of the molecule is O=[N+]([O-])c1cccc([N+](=O)[O-])c1NCC(O)CCl. The number of aliphatic hydroxyl groups excluding tert-OH is 1. The summed E-state index contributed by atoms with van der Waals surface area (Å²) in [6, 6.07) is 3.50. The number of nitro groups is 2. The Bertz CT molecular complexity index is 435. The number of rotatable bonds is 6. The molecule has 0 aromatic heterocycles. The maximum atomic E-state index is 10.8. The Kier molecular flexibility index (Phi) is 4.81. The third-order valence-corrected chi connectivity index (χ3v) is 2.46. The molecule has 1 unspecified atom stereocenters. The molecule has 8 nitrogen and oxygen atoms in total. The minimum absolute atomic E-state index is 0.0819. The van der Waals surface area contributed by atoms with Crippen LogP contribution in [0, 0.1) is 20.2 Å². The van der Waals surface area contributed by atoms with Crippen molar-refractivity contribution in [2.75, 3.05) is 17.7 Å². The average Bonchev–Trinajstić information content (AvgIpc) is 2.34. The van der Waals surface area contributed by atoms with E-state index in [1.807, 2.05) is 0 Å². The molecule has 0 aliphatic rings. The Labute approximate surface area is 106 Å². The largest absolute Gasteiger partial charge is 0.390 e. The van der Waals surface area contributed by atoms with Gasteiger partial charge < -0.3 is 10.4 Å². The Hall–Kier alpha value is -1.93. The second-order valence-corrected chi connectivity index (χ2v) is 3.68. The summed E-state index contributed by atoms with van der Waals surface area (Å²) >= 11 is 5.37. The van der Waals surface area contributed by atoms with Crippen molar-refractivity contribution in [3.63, 3.8) is 0 Å². The van der Waals surface area contributed by atoms with Crippen molar-refractivity contribution >= 4 is 28.7 Å². The predicted octanol–water partition coefficient (Wildman–Crippen LogP) is 1.51. The van der Waals surface area contributed by atoms with Gasteiger partial charge in [0, 0.05) is 18.7 Å². The zero-order chi connectivity index (χ0) is 13.7. The maximum Gasteiger partial charge on any atom is 0.299 e. The van der Waals surface area contributed by atoms with Crippen LogP contribution < -0.4 is 5.32 Å². The van der Waals surface area contributed by atoms with Gasteiger partial charge in [-0.05, 0) is 6.07 Å². The Morgan fingerprint density at radius 1 is 1.28 bits per heavy atom. The molecule has 0 heterocycles. The van der Waals surface area contributed by atoms with Gasteiger partial charge in [0.15, 0.2) is 5.69 Å². The van der Waals surface area contributed by atoms with Gasteiger partial charge in [-0.1, -0.05) is 0 Å². The quantitative estimate of drug-likeness (QED) is 0.461. The lowest BCUT2D eigenvalue weighted by Crippen LogP contribution is -2.21. The monoisotopic (exact) mass is 275 g/mol. The van der Waals surface area contributed by atoms with Gasteiger partial charge in [0.25, 0.3) is 11.4 Å². The summed E-state index contributed by atoms with van der Waals surface area (Å²) in [6.45, 7) is -0.116. The van der Waals surface area contributed by atoms with E-state index >= 15 is 0 Å². The second kappa shape index (κ2) is 6.12. The van der Waals surface area contributed by atoms with Gasteiger partial charge in [0.2, 0.25) is 0 Å². The molecule has 1 aromatic carbocycles. The molecular weight excluding hydrogens is 266 g/mol. The molecule has 0 spiro atoms. The molecule has 0 aliphatic carbocycles. The zero-order valence-electron chi connectivity index (χ0n) is 9.08. The van der Waals surface area contributed by atoms with Gasteiger partial charge in [-0.15, -0.1) is 11.6 Å². The van der Waals surface area contributed by atoms with Crippen LogP contribution in [-0.4, -0.2) is 33.5 Å². The molecule has 0 saturated carbocycles. The molecule has 0 radical (unpaired) electrons. The van der Waals surface area contributed by atoms with Crippen molar-refractivity contribution in [1.29, 1.82) is 0 Å². The average molecular weight is 276 g/mol. The van der Waals surface area contributed by atoms with Gasteiger partial charge in [-0.2, -0.15) is 0 Å². The third kappa shape index (κ3) is 3.28. The highest BCUT2D eigenvalue weighted by Crippen LogP contribution is 2.33. The smallest absolute Gasteiger partial charge is 0.299 e. The molecule has 2 N–H and O–H groups in total. The van der Waals surface area contributed by atoms with Crippen LogP contribution in [0.15, 0.2) is 18.2 Å². The topological polar surface area (TPSA) is 119 Å². The summed E-state index contributed by atoms with van der Waals surface area (Å²) in [7, 11) is 0. The van der Waals surface area contributed by atoms with Crippen LogP contribution in [0.1, 0.15) is 0 Å². The van der Waals surface area contributed by atoms with Crippen LogP contribution in [0.5, 0.6) is 0 Å². The van der Waals surface area contributed by atoms with E-state index in [2.05, 4.69) is 5.32 Å². The number of para-hydroxylation sites is 1. The van der Waals surface area contributed by atoms with E-state index in [0.29, 0.717) is 0 Å². The lowest BCUT2D eigenvalue weighted by atomic mass is 10.2. The first kappa shape index (κ1) is 14.1. The Morgan fingerprint density at radius 3 is 2.17 bits per heavy atom. The molecule has 0 amide bonds. The molecule has 1 rings (SSSR count). The molecule has 98 valence electrons. The summed E-state index contributed by atoms with van der Waals surface area (Å²) in [4.78, 5) is 20.1. The van der Waals surface area contributed by atoms with Gasteiger partial charge in [-0.3, -0.25) is 20.2 Å². The number of benzene rings is 1. The lowest BCUT2D eigenvalue weighted by Gasteiger charge is -2.10. The molecule has 0 saturated heterocycles. The number of nitro benzene ring substituents is 2. The fraction of sp³-hybridized carbons (Fsp3) is 0.333. The minimum Gasteiger partial charge on any atom is -0.390 e. The van der Waals surface area contributed by atoms with E-state index in [-0.39, 0.29) is 18.1 Å². The normalized spacial score (nSPS) is 11.9. The lowest BCUT2D eigenvalue weighted by molar-refractivity contribution is -0.392. The van der Waals surface area contributed by atoms with Gasteiger partial charge in [0.1, 0.15) is 0 Å². The van der Waals surface area contributed by atoms with Crippen molar-refractivity contribution in [2.45, 2.75) is 6.10 Å². The Balaban J connectivity index is 3.11. The summed E-state index contributed by atoms with van der Waals surface area (Å²) in [5, 5.41) is 33.3. The van der Waals surface area contributed by atoms with Crippen molar-refractivity contribution in [3.05, 3.63) is 38.4 Å². The second-order valence-electron chi connectivity index (χ2n) is 3.37. The first-order valence-electron chi connectivity index (χ1n) is 4.87. The van der Waals surface area contributed by atoms with E-state index in [0.717, 1.165) is 12.1 Å². The van der Waals surface area contributed by atoms with Crippen LogP contribution >= 0.6 is 11.6 Å². The first-order valence-corrected chi connectivity index (χ1v) is 5.40. The van der Waals surface area contributed by atoms with Crippen LogP contribution in [0.4, 0.5) is 17.1 Å². The van der Waals surface area contributed by atoms with Crippen molar-refractivity contribution in [2.24, 2.45) is 0 Å². The number of hydrogen-bond donors (Lipinski definition) is 2. The molecule has 18 heavy (non-hydrogen) atoms. The number of anilines is 1. The highest BCUT2D eigenvalue weighted by atomic mass is 35.5. The van der Waals surface area contributed by atoms with Crippen molar-refractivity contribution in [1.82, 2.24) is 0 Å². The molecule has 1 aromatic rings. The van der Waals surface area contributed by atoms with Crippen molar-refractivity contribution in [3.8, 4) is 0 Å². The molecule has 9 heteroatoms. The highest BCUT2D eigenvalue weighted by molar-refractivity contribution is 6.18. The summed E-state index contributed by atoms with van der Waals surface area (Å²) in [5.74, 6) is -0.0819. The Morgan fingerprint density at radius 2 is 1.78 bits per heavy atom. The van der Waals surface area contributed by atoms with Gasteiger partial charge in [-0.25, -0.2) is 0 Å². The fourth-order valence-electron chi connectivity index (χ4n) is 1.29. The molecular formula is C9H10ClN3O5. The predicted molar refractivity (Wildman–Crippen MR) is 65.0 cm³/mol. The van der Waals surface area contributed by atoms with Crippen LogP contribution in [-0.2, 0) is 0 Å². The standard InChI is InChI=1S/C9H10ClN3O5/c10-4-6(14)5-11-9-7(12(15)16)2-1-3-8(9)13(17)18/h1-3,6,11,14H,4-5H2. The van der Waals surface area contributed by atoms with E-state index < -0.39 is 27.3 Å².